The first-order chi connectivity index (χ1) is 13.0. The lowest BCUT2D eigenvalue weighted by Crippen LogP contribution is -2.69. The summed E-state index contributed by atoms with van der Waals surface area (Å²) in [5.41, 5.74) is 0.261. The second kappa shape index (κ2) is 6.63. The Morgan fingerprint density at radius 2 is 1.85 bits per heavy atom. The lowest BCUT2D eigenvalue weighted by Gasteiger charge is -2.48. The third-order valence-corrected chi connectivity index (χ3v) is 5.87. The highest BCUT2D eigenvalue weighted by Gasteiger charge is 2.60. The van der Waals surface area contributed by atoms with E-state index < -0.39 is 5.66 Å². The number of anilines is 2. The average Bonchev–Trinajstić information content (AvgIpc) is 3.02. The molecule has 2 aromatic carbocycles. The molecule has 2 aliphatic heterocycles. The molecule has 0 saturated carbocycles. The molecule has 1 saturated heterocycles. The molecule has 3 amide bonds. The van der Waals surface area contributed by atoms with Gasteiger partial charge < -0.3 is 10.2 Å². The first-order valence-corrected chi connectivity index (χ1v) is 9.88. The molecule has 0 bridgehead atoms. The highest BCUT2D eigenvalue weighted by molar-refractivity contribution is 14.1. The molecule has 0 spiro atoms. The maximum absolute atomic E-state index is 13.4. The zero-order valence-electron chi connectivity index (χ0n) is 14.7. The lowest BCUT2D eigenvalue weighted by atomic mass is 9.95. The van der Waals surface area contributed by atoms with Crippen LogP contribution in [0.25, 0.3) is 0 Å². The van der Waals surface area contributed by atoms with E-state index in [-0.39, 0.29) is 30.6 Å². The Morgan fingerprint density at radius 3 is 2.56 bits per heavy atom. The summed E-state index contributed by atoms with van der Waals surface area (Å²) in [6.45, 7) is 2.16. The summed E-state index contributed by atoms with van der Waals surface area (Å²) in [5, 5.41) is 2.91. The summed E-state index contributed by atoms with van der Waals surface area (Å²) in [6, 6.07) is 14.4. The third kappa shape index (κ3) is 2.63. The minimum absolute atomic E-state index is 0.147. The molecule has 1 N–H and O–H groups in total. The number of hydrogen-bond donors (Lipinski definition) is 1. The van der Waals surface area contributed by atoms with Crippen LogP contribution in [0, 0.1) is 3.57 Å². The van der Waals surface area contributed by atoms with Gasteiger partial charge in [-0.25, -0.2) is 0 Å². The molecule has 1 fully saturated rings. The number of nitrogens with zero attached hydrogens (tertiary/aromatic N) is 2. The van der Waals surface area contributed by atoms with E-state index in [1.165, 1.54) is 9.80 Å². The van der Waals surface area contributed by atoms with Gasteiger partial charge in [-0.1, -0.05) is 12.1 Å². The Morgan fingerprint density at radius 1 is 1.15 bits per heavy atom. The minimum Gasteiger partial charge on any atom is -0.322 e. The van der Waals surface area contributed by atoms with Crippen molar-refractivity contribution in [2.75, 3.05) is 16.8 Å². The van der Waals surface area contributed by atoms with E-state index >= 15 is 0 Å². The molecule has 0 aromatic heterocycles. The fraction of sp³-hybridized carbons (Fsp3) is 0.250. The molecule has 7 heteroatoms. The number of amides is 3. The van der Waals surface area contributed by atoms with Gasteiger partial charge in [-0.2, -0.15) is 0 Å². The van der Waals surface area contributed by atoms with Crippen molar-refractivity contribution in [3.05, 3.63) is 57.7 Å². The van der Waals surface area contributed by atoms with Crippen LogP contribution in [0.4, 0.5) is 11.4 Å². The Hall–Kier alpha value is -2.42. The summed E-state index contributed by atoms with van der Waals surface area (Å²) in [4.78, 5) is 42.3. The number of carbonyl (C=O) groups excluding carboxylic acids is 3. The quantitative estimate of drug-likeness (QED) is 0.694. The van der Waals surface area contributed by atoms with Gasteiger partial charge >= 0.3 is 0 Å². The molecule has 1 unspecified atom stereocenters. The van der Waals surface area contributed by atoms with Crippen molar-refractivity contribution in [2.45, 2.75) is 25.4 Å². The first kappa shape index (κ1) is 18.0. The number of benzene rings is 2. The summed E-state index contributed by atoms with van der Waals surface area (Å²) >= 11 is 2.19. The van der Waals surface area contributed by atoms with Crippen LogP contribution >= 0.6 is 22.6 Å². The number of para-hydroxylation sites is 1. The highest BCUT2D eigenvalue weighted by atomic mass is 127. The van der Waals surface area contributed by atoms with Gasteiger partial charge in [0.15, 0.2) is 0 Å². The maximum Gasteiger partial charge on any atom is 0.271 e. The fourth-order valence-corrected chi connectivity index (χ4v) is 4.33. The standard InChI is InChI=1S/C20H18IN3O3/c1-2-23-18(26)15-5-3-4-6-16(15)24-17(25)11-12-20(23,24)19(27)22-14-9-7-13(21)8-10-14/h3-10H,2,11-12H2,1H3,(H,22,27). The first-order valence-electron chi connectivity index (χ1n) is 8.80. The summed E-state index contributed by atoms with van der Waals surface area (Å²) in [6.07, 6.45) is 0.494. The SMILES string of the molecule is CCN1C(=O)c2ccccc2N2C(=O)CCC12C(=O)Nc1ccc(I)cc1. The zero-order valence-corrected chi connectivity index (χ0v) is 16.9. The van der Waals surface area contributed by atoms with Crippen molar-refractivity contribution in [2.24, 2.45) is 0 Å². The molecule has 0 aliphatic carbocycles. The molecule has 1 atom stereocenters. The Labute approximate surface area is 170 Å². The van der Waals surface area contributed by atoms with Crippen molar-refractivity contribution in [3.63, 3.8) is 0 Å². The Kier molecular flexibility index (Phi) is 4.41. The van der Waals surface area contributed by atoms with E-state index in [1.807, 2.05) is 31.2 Å². The van der Waals surface area contributed by atoms with Crippen molar-refractivity contribution >= 4 is 51.7 Å². The van der Waals surface area contributed by atoms with E-state index in [0.29, 0.717) is 23.5 Å². The van der Waals surface area contributed by atoms with Gasteiger partial charge in [-0.05, 0) is 65.9 Å². The van der Waals surface area contributed by atoms with E-state index in [9.17, 15) is 14.4 Å². The van der Waals surface area contributed by atoms with Crippen molar-refractivity contribution in [3.8, 4) is 0 Å². The van der Waals surface area contributed by atoms with Crippen LogP contribution in [0.1, 0.15) is 30.1 Å². The average molecular weight is 475 g/mol. The topological polar surface area (TPSA) is 69.7 Å². The van der Waals surface area contributed by atoms with Crippen LogP contribution in [0.5, 0.6) is 0 Å². The normalized spacial score (nSPS) is 21.1. The molecule has 2 aliphatic rings. The molecule has 6 nitrogen and oxygen atoms in total. The minimum atomic E-state index is -1.33. The molecular weight excluding hydrogens is 457 g/mol. The Balaban J connectivity index is 1.82. The van der Waals surface area contributed by atoms with Gasteiger partial charge in [0.1, 0.15) is 0 Å². The van der Waals surface area contributed by atoms with E-state index in [4.69, 9.17) is 0 Å². The van der Waals surface area contributed by atoms with Crippen LogP contribution in [0.15, 0.2) is 48.5 Å². The van der Waals surface area contributed by atoms with Gasteiger partial charge in [0, 0.05) is 28.6 Å². The van der Waals surface area contributed by atoms with Crippen molar-refractivity contribution in [1.82, 2.24) is 4.90 Å². The predicted octanol–water partition coefficient (Wildman–Crippen LogP) is 3.23. The molecule has 2 aromatic rings. The molecule has 0 radical (unpaired) electrons. The molecule has 4 rings (SSSR count). The zero-order chi connectivity index (χ0) is 19.2. The fourth-order valence-electron chi connectivity index (χ4n) is 3.97. The number of likely N-dealkylation sites (N-methyl/N-ethyl adjacent to an activating group) is 1. The van der Waals surface area contributed by atoms with Gasteiger partial charge in [-0.3, -0.25) is 19.3 Å². The van der Waals surface area contributed by atoms with Crippen LogP contribution in [-0.4, -0.2) is 34.8 Å². The number of hydrogen-bond acceptors (Lipinski definition) is 3. The number of nitrogens with one attached hydrogen (secondary N) is 1. The third-order valence-electron chi connectivity index (χ3n) is 5.16. The van der Waals surface area contributed by atoms with E-state index in [0.717, 1.165) is 3.57 Å². The summed E-state index contributed by atoms with van der Waals surface area (Å²) in [7, 11) is 0. The molecule has 27 heavy (non-hydrogen) atoms. The van der Waals surface area contributed by atoms with Gasteiger partial charge in [0.2, 0.25) is 11.6 Å². The molecule has 138 valence electrons. The van der Waals surface area contributed by atoms with Crippen LogP contribution in [0.2, 0.25) is 0 Å². The van der Waals surface area contributed by atoms with E-state index in [2.05, 4.69) is 27.9 Å². The number of halogens is 1. The van der Waals surface area contributed by atoms with Crippen LogP contribution in [0.3, 0.4) is 0 Å². The second-order valence-corrected chi connectivity index (χ2v) is 7.82. The Bertz CT molecular complexity index is 944. The highest BCUT2D eigenvalue weighted by Crippen LogP contribution is 2.44. The largest absolute Gasteiger partial charge is 0.322 e. The predicted molar refractivity (Wildman–Crippen MR) is 110 cm³/mol. The summed E-state index contributed by atoms with van der Waals surface area (Å²) < 4.78 is 1.05. The number of fused-ring (bicyclic) bond motifs is 3. The van der Waals surface area contributed by atoms with Crippen molar-refractivity contribution in [1.29, 1.82) is 0 Å². The van der Waals surface area contributed by atoms with Gasteiger partial charge in [0.25, 0.3) is 11.8 Å². The van der Waals surface area contributed by atoms with Gasteiger partial charge in [0.05, 0.1) is 11.3 Å². The van der Waals surface area contributed by atoms with E-state index in [1.54, 1.807) is 24.3 Å². The number of carbonyl (C=O) groups is 3. The smallest absolute Gasteiger partial charge is 0.271 e. The summed E-state index contributed by atoms with van der Waals surface area (Å²) in [5.74, 6) is -0.734. The van der Waals surface area contributed by atoms with Crippen molar-refractivity contribution < 1.29 is 14.4 Å². The maximum atomic E-state index is 13.4. The lowest BCUT2D eigenvalue weighted by molar-refractivity contribution is -0.128. The van der Waals surface area contributed by atoms with Crippen LogP contribution < -0.4 is 10.2 Å². The molecule has 2 heterocycles. The second-order valence-electron chi connectivity index (χ2n) is 6.57. The number of rotatable bonds is 3. The van der Waals surface area contributed by atoms with Crippen LogP contribution in [-0.2, 0) is 9.59 Å². The monoisotopic (exact) mass is 475 g/mol. The van der Waals surface area contributed by atoms with Gasteiger partial charge in [-0.15, -0.1) is 0 Å². The molecular formula is C20H18IN3O3.